The van der Waals surface area contributed by atoms with Crippen LogP contribution in [-0.2, 0) is 16.0 Å². The van der Waals surface area contributed by atoms with Crippen LogP contribution in [0.2, 0.25) is 0 Å². The van der Waals surface area contributed by atoms with E-state index in [0.717, 1.165) is 5.56 Å². The number of nitrogens with one attached hydrogen (secondary N) is 2. The average Bonchev–Trinajstić information content (AvgIpc) is 2.38. The molecule has 0 saturated heterocycles. The Balaban J connectivity index is 2.69. The van der Waals surface area contributed by atoms with Gasteiger partial charge in [0.2, 0.25) is 5.91 Å². The molecule has 21 heavy (non-hydrogen) atoms. The van der Waals surface area contributed by atoms with Crippen molar-refractivity contribution in [1.82, 2.24) is 10.6 Å². The molecule has 7 heteroatoms. The third kappa shape index (κ3) is 5.13. The maximum absolute atomic E-state index is 11.8. The van der Waals surface area contributed by atoms with Crippen LogP contribution in [0.3, 0.4) is 0 Å². The first-order valence-electron chi connectivity index (χ1n) is 6.37. The van der Waals surface area contributed by atoms with Crippen LogP contribution in [0.25, 0.3) is 0 Å². The topological polar surface area (TPSA) is 122 Å². The zero-order valence-electron chi connectivity index (χ0n) is 11.9. The van der Waals surface area contributed by atoms with Crippen molar-refractivity contribution in [1.29, 1.82) is 0 Å². The molecule has 3 amide bonds. The summed E-state index contributed by atoms with van der Waals surface area (Å²) in [6, 6.07) is 7.05. The summed E-state index contributed by atoms with van der Waals surface area (Å²) < 4.78 is 0. The highest BCUT2D eigenvalue weighted by Crippen LogP contribution is 2.04. The molecule has 1 atom stereocenters. The van der Waals surface area contributed by atoms with Gasteiger partial charge in [0.25, 0.3) is 0 Å². The Hall–Kier alpha value is -2.57. The molecule has 0 aliphatic rings. The smallest absolute Gasteiger partial charge is 0.326 e. The van der Waals surface area contributed by atoms with Gasteiger partial charge in [0.05, 0.1) is 0 Å². The van der Waals surface area contributed by atoms with Crippen molar-refractivity contribution in [2.24, 2.45) is 5.73 Å². The number of urea groups is 1. The molecule has 114 valence electrons. The number of rotatable bonds is 6. The van der Waals surface area contributed by atoms with E-state index in [9.17, 15) is 14.4 Å². The van der Waals surface area contributed by atoms with E-state index in [1.165, 1.54) is 13.8 Å². The van der Waals surface area contributed by atoms with Gasteiger partial charge in [-0.05, 0) is 19.4 Å². The number of primary amides is 1. The highest BCUT2D eigenvalue weighted by molar-refractivity contribution is 5.90. The summed E-state index contributed by atoms with van der Waals surface area (Å²) in [5, 5.41) is 13.8. The first-order valence-corrected chi connectivity index (χ1v) is 6.37. The van der Waals surface area contributed by atoms with Crippen LogP contribution in [-0.4, -0.2) is 34.6 Å². The van der Waals surface area contributed by atoms with Gasteiger partial charge >= 0.3 is 12.0 Å². The van der Waals surface area contributed by atoms with E-state index in [4.69, 9.17) is 10.8 Å². The van der Waals surface area contributed by atoms with Crippen molar-refractivity contribution < 1.29 is 19.5 Å². The molecule has 0 spiro atoms. The summed E-state index contributed by atoms with van der Waals surface area (Å²) in [7, 11) is 0. The first kappa shape index (κ1) is 16.5. The SMILES string of the molecule is CC(C)(NC(=O)N[C@@H](Cc1ccccc1)C(=O)O)C(N)=O. The van der Waals surface area contributed by atoms with E-state index >= 15 is 0 Å². The normalized spacial score (nSPS) is 12.3. The Morgan fingerprint density at radius 2 is 1.81 bits per heavy atom. The Labute approximate surface area is 122 Å². The number of hydrogen-bond donors (Lipinski definition) is 4. The number of amides is 3. The molecule has 1 rings (SSSR count). The molecule has 0 aliphatic carbocycles. The zero-order valence-corrected chi connectivity index (χ0v) is 11.9. The minimum Gasteiger partial charge on any atom is -0.480 e. The zero-order chi connectivity index (χ0) is 16.0. The molecule has 1 aromatic rings. The van der Waals surface area contributed by atoms with Gasteiger partial charge in [0.1, 0.15) is 11.6 Å². The van der Waals surface area contributed by atoms with Crippen LogP contribution in [0.15, 0.2) is 30.3 Å². The number of hydrogen-bond acceptors (Lipinski definition) is 3. The van der Waals surface area contributed by atoms with Gasteiger partial charge in [-0.25, -0.2) is 9.59 Å². The lowest BCUT2D eigenvalue weighted by Gasteiger charge is -2.24. The molecule has 0 heterocycles. The fourth-order valence-electron chi connectivity index (χ4n) is 1.59. The molecule has 0 aliphatic heterocycles. The lowest BCUT2D eigenvalue weighted by molar-refractivity contribution is -0.139. The molecule has 7 nitrogen and oxygen atoms in total. The van der Waals surface area contributed by atoms with Gasteiger partial charge < -0.3 is 21.5 Å². The van der Waals surface area contributed by atoms with E-state index in [-0.39, 0.29) is 6.42 Å². The Kier molecular flexibility index (Phi) is 5.29. The lowest BCUT2D eigenvalue weighted by Crippen LogP contribution is -2.58. The van der Waals surface area contributed by atoms with Crippen LogP contribution in [0.1, 0.15) is 19.4 Å². The number of aliphatic carboxylic acids is 1. The predicted octanol–water partition coefficient (Wildman–Crippen LogP) is 0.245. The van der Waals surface area contributed by atoms with E-state index < -0.39 is 29.5 Å². The van der Waals surface area contributed by atoms with Gasteiger partial charge in [0.15, 0.2) is 0 Å². The Morgan fingerprint density at radius 3 is 2.29 bits per heavy atom. The van der Waals surface area contributed by atoms with Crippen LogP contribution in [0, 0.1) is 0 Å². The van der Waals surface area contributed by atoms with Crippen molar-refractivity contribution in [2.45, 2.75) is 31.8 Å². The number of nitrogens with two attached hydrogens (primary N) is 1. The molecule has 0 radical (unpaired) electrons. The molecule has 1 aromatic carbocycles. The van der Waals surface area contributed by atoms with Gasteiger partial charge in [-0.1, -0.05) is 30.3 Å². The molecule has 0 saturated carbocycles. The Morgan fingerprint density at radius 1 is 1.24 bits per heavy atom. The minimum absolute atomic E-state index is 0.139. The van der Waals surface area contributed by atoms with Gasteiger partial charge in [-0.3, -0.25) is 4.79 Å². The molecular weight excluding hydrogens is 274 g/mol. The quantitative estimate of drug-likeness (QED) is 0.600. The van der Waals surface area contributed by atoms with Crippen molar-refractivity contribution >= 4 is 17.9 Å². The molecular formula is C14H19N3O4. The molecule has 0 unspecified atom stereocenters. The third-order valence-corrected chi connectivity index (χ3v) is 2.93. The van der Waals surface area contributed by atoms with Crippen molar-refractivity contribution in [3.8, 4) is 0 Å². The summed E-state index contributed by atoms with van der Waals surface area (Å²) >= 11 is 0. The fourth-order valence-corrected chi connectivity index (χ4v) is 1.59. The maximum Gasteiger partial charge on any atom is 0.326 e. The first-order chi connectivity index (χ1) is 9.72. The highest BCUT2D eigenvalue weighted by Gasteiger charge is 2.29. The van der Waals surface area contributed by atoms with Crippen LogP contribution in [0.5, 0.6) is 0 Å². The van der Waals surface area contributed by atoms with E-state index in [2.05, 4.69) is 10.6 Å². The summed E-state index contributed by atoms with van der Waals surface area (Å²) in [5.74, 6) is -1.88. The number of carboxylic acid groups (broad SMARTS) is 1. The monoisotopic (exact) mass is 293 g/mol. The molecule has 0 fully saturated rings. The lowest BCUT2D eigenvalue weighted by atomic mass is 10.1. The Bertz CT molecular complexity index is 528. The summed E-state index contributed by atoms with van der Waals surface area (Å²) in [6.07, 6.45) is 0.139. The summed E-state index contributed by atoms with van der Waals surface area (Å²) in [5.41, 5.74) is 4.65. The molecule has 5 N–H and O–H groups in total. The predicted molar refractivity (Wildman–Crippen MR) is 76.5 cm³/mol. The van der Waals surface area contributed by atoms with E-state index in [1.54, 1.807) is 24.3 Å². The second-order valence-electron chi connectivity index (χ2n) is 5.17. The molecule has 0 bridgehead atoms. The van der Waals surface area contributed by atoms with Crippen molar-refractivity contribution in [2.75, 3.05) is 0 Å². The van der Waals surface area contributed by atoms with Crippen molar-refractivity contribution in [3.63, 3.8) is 0 Å². The minimum atomic E-state index is -1.26. The second-order valence-corrected chi connectivity index (χ2v) is 5.17. The van der Waals surface area contributed by atoms with Crippen LogP contribution >= 0.6 is 0 Å². The van der Waals surface area contributed by atoms with Gasteiger partial charge in [0, 0.05) is 6.42 Å². The highest BCUT2D eigenvalue weighted by atomic mass is 16.4. The second kappa shape index (κ2) is 6.74. The van der Waals surface area contributed by atoms with E-state index in [1.807, 2.05) is 6.07 Å². The van der Waals surface area contributed by atoms with Crippen LogP contribution < -0.4 is 16.4 Å². The number of carbonyl (C=O) groups is 3. The standard InChI is InChI=1S/C14H19N3O4/c1-14(2,12(15)20)17-13(21)16-10(11(18)19)8-9-6-4-3-5-7-9/h3-7,10H,8H2,1-2H3,(H2,15,20)(H,18,19)(H2,16,17,21)/t10-/m0/s1. The summed E-state index contributed by atoms with van der Waals surface area (Å²) in [6.45, 7) is 2.86. The molecule has 0 aromatic heterocycles. The van der Waals surface area contributed by atoms with E-state index in [0.29, 0.717) is 0 Å². The third-order valence-electron chi connectivity index (χ3n) is 2.93. The number of carbonyl (C=O) groups excluding carboxylic acids is 2. The largest absolute Gasteiger partial charge is 0.480 e. The number of carboxylic acids is 1. The van der Waals surface area contributed by atoms with Crippen molar-refractivity contribution in [3.05, 3.63) is 35.9 Å². The maximum atomic E-state index is 11.8. The van der Waals surface area contributed by atoms with Crippen LogP contribution in [0.4, 0.5) is 4.79 Å². The fraction of sp³-hybridized carbons (Fsp3) is 0.357. The van der Waals surface area contributed by atoms with Gasteiger partial charge in [-0.2, -0.15) is 0 Å². The average molecular weight is 293 g/mol. The summed E-state index contributed by atoms with van der Waals surface area (Å²) in [4.78, 5) is 34.1. The van der Waals surface area contributed by atoms with Gasteiger partial charge in [-0.15, -0.1) is 0 Å². The number of benzene rings is 1.